The summed E-state index contributed by atoms with van der Waals surface area (Å²) in [5, 5.41) is 1.02. The third-order valence-electron chi connectivity index (χ3n) is 6.23. The van der Waals surface area contributed by atoms with E-state index in [-0.39, 0.29) is 12.2 Å². The van der Waals surface area contributed by atoms with Crippen LogP contribution in [0.3, 0.4) is 0 Å². The molecule has 1 aliphatic heterocycles. The molecule has 1 N–H and O–H groups in total. The Bertz CT molecular complexity index is 1710. The molecule has 0 saturated carbocycles. The molecule has 0 fully saturated rings. The molecule has 0 unspecified atom stereocenters. The molecular formula is C28H27N3O5S. The highest BCUT2D eigenvalue weighted by molar-refractivity contribution is 7.07. The number of rotatable bonds is 7. The van der Waals surface area contributed by atoms with Crippen LogP contribution in [0.4, 0.5) is 0 Å². The zero-order chi connectivity index (χ0) is 26.1. The number of nitrogens with one attached hydrogen (secondary N) is 1. The second-order valence-corrected chi connectivity index (χ2v) is 9.44. The summed E-state index contributed by atoms with van der Waals surface area (Å²) in [5.74, 6) is 0.588. The molecule has 4 aromatic rings. The summed E-state index contributed by atoms with van der Waals surface area (Å²) in [6.45, 7) is 6.05. The van der Waals surface area contributed by atoms with E-state index in [2.05, 4.69) is 9.98 Å². The molecule has 0 radical (unpaired) electrons. The predicted octanol–water partition coefficient (Wildman–Crippen LogP) is 3.69. The normalized spacial score (nSPS) is 15.5. The fourth-order valence-electron chi connectivity index (χ4n) is 4.59. The van der Waals surface area contributed by atoms with E-state index in [4.69, 9.17) is 14.2 Å². The van der Waals surface area contributed by atoms with Crippen LogP contribution in [-0.2, 0) is 9.53 Å². The van der Waals surface area contributed by atoms with E-state index in [0.717, 1.165) is 16.5 Å². The van der Waals surface area contributed by atoms with Gasteiger partial charge in [-0.05, 0) is 50.6 Å². The highest BCUT2D eigenvalue weighted by atomic mass is 32.1. The van der Waals surface area contributed by atoms with Crippen LogP contribution in [-0.4, -0.2) is 35.8 Å². The first-order chi connectivity index (χ1) is 18.0. The fraction of sp³-hybridized carbons (Fsp3) is 0.250. The van der Waals surface area contributed by atoms with Crippen LogP contribution in [0.25, 0.3) is 17.0 Å². The van der Waals surface area contributed by atoms with Gasteiger partial charge < -0.3 is 19.2 Å². The number of aromatic nitrogens is 2. The van der Waals surface area contributed by atoms with Crippen LogP contribution in [0.1, 0.15) is 37.9 Å². The number of hydrogen-bond acceptors (Lipinski definition) is 7. The number of thiazole rings is 1. The maximum Gasteiger partial charge on any atom is 0.338 e. The van der Waals surface area contributed by atoms with Crippen LogP contribution in [0.15, 0.2) is 69.7 Å². The molecule has 190 valence electrons. The van der Waals surface area contributed by atoms with E-state index < -0.39 is 12.0 Å². The van der Waals surface area contributed by atoms with E-state index in [1.807, 2.05) is 55.6 Å². The van der Waals surface area contributed by atoms with E-state index in [1.165, 1.54) is 11.3 Å². The Kier molecular flexibility index (Phi) is 6.71. The second-order valence-electron chi connectivity index (χ2n) is 8.44. The van der Waals surface area contributed by atoms with Gasteiger partial charge in [-0.1, -0.05) is 35.6 Å². The van der Waals surface area contributed by atoms with E-state index >= 15 is 0 Å². The molecule has 0 aliphatic carbocycles. The van der Waals surface area contributed by atoms with E-state index in [9.17, 15) is 9.59 Å². The molecule has 1 aliphatic rings. The average molecular weight is 518 g/mol. The molecule has 0 saturated heterocycles. The molecule has 3 heterocycles. The molecule has 2 aromatic heterocycles. The van der Waals surface area contributed by atoms with Crippen molar-refractivity contribution in [3.8, 4) is 11.5 Å². The van der Waals surface area contributed by atoms with Crippen molar-refractivity contribution < 1.29 is 19.0 Å². The lowest BCUT2D eigenvalue weighted by Crippen LogP contribution is -2.40. The molecule has 0 bridgehead atoms. The highest BCUT2D eigenvalue weighted by Crippen LogP contribution is 2.36. The molecule has 5 rings (SSSR count). The van der Waals surface area contributed by atoms with Gasteiger partial charge in [0.15, 0.2) is 16.3 Å². The molecule has 0 spiro atoms. The third-order valence-corrected chi connectivity index (χ3v) is 7.21. The number of carbonyl (C=O) groups excluding carboxylic acids is 1. The van der Waals surface area contributed by atoms with E-state index in [1.54, 1.807) is 31.6 Å². The van der Waals surface area contributed by atoms with Crippen LogP contribution < -0.4 is 24.4 Å². The lowest BCUT2D eigenvalue weighted by atomic mass is 9.95. The first kappa shape index (κ1) is 24.6. The number of allylic oxidation sites excluding steroid dienone is 1. The van der Waals surface area contributed by atoms with Crippen molar-refractivity contribution in [3.05, 3.63) is 90.7 Å². The Balaban J connectivity index is 1.74. The summed E-state index contributed by atoms with van der Waals surface area (Å²) in [6, 6.07) is 12.6. The van der Waals surface area contributed by atoms with Gasteiger partial charge in [0.2, 0.25) is 0 Å². The summed E-state index contributed by atoms with van der Waals surface area (Å²) >= 11 is 1.29. The molecule has 8 nitrogen and oxygen atoms in total. The van der Waals surface area contributed by atoms with Gasteiger partial charge in [0, 0.05) is 22.7 Å². The highest BCUT2D eigenvalue weighted by Gasteiger charge is 2.34. The lowest BCUT2D eigenvalue weighted by molar-refractivity contribution is -0.139. The molecule has 2 aromatic carbocycles. The molecule has 0 amide bonds. The average Bonchev–Trinajstić information content (AvgIpc) is 3.44. The molecule has 1 atom stereocenters. The van der Waals surface area contributed by atoms with Crippen molar-refractivity contribution in [1.29, 1.82) is 0 Å². The van der Waals surface area contributed by atoms with Crippen LogP contribution >= 0.6 is 11.3 Å². The maximum atomic E-state index is 13.9. The quantitative estimate of drug-likeness (QED) is 0.378. The van der Waals surface area contributed by atoms with Crippen molar-refractivity contribution in [2.45, 2.75) is 26.8 Å². The van der Waals surface area contributed by atoms with Crippen molar-refractivity contribution in [1.82, 2.24) is 9.55 Å². The number of aromatic amines is 1. The van der Waals surface area contributed by atoms with Gasteiger partial charge in [-0.3, -0.25) is 9.36 Å². The number of esters is 1. The number of fused-ring (bicyclic) bond motifs is 2. The van der Waals surface area contributed by atoms with Crippen molar-refractivity contribution >= 4 is 34.3 Å². The van der Waals surface area contributed by atoms with Gasteiger partial charge in [0.1, 0.15) is 0 Å². The summed E-state index contributed by atoms with van der Waals surface area (Å²) < 4.78 is 18.7. The number of methoxy groups -OCH3 is 1. The van der Waals surface area contributed by atoms with Crippen LogP contribution in [0.5, 0.6) is 11.5 Å². The van der Waals surface area contributed by atoms with Crippen LogP contribution in [0.2, 0.25) is 0 Å². The number of hydrogen-bond donors (Lipinski definition) is 1. The number of ether oxygens (including phenoxy) is 3. The minimum atomic E-state index is -0.731. The van der Waals surface area contributed by atoms with Gasteiger partial charge in [-0.15, -0.1) is 0 Å². The van der Waals surface area contributed by atoms with Crippen LogP contribution in [0, 0.1) is 0 Å². The Morgan fingerprint density at radius 2 is 1.97 bits per heavy atom. The summed E-state index contributed by atoms with van der Waals surface area (Å²) in [5.41, 5.74) is 3.18. The van der Waals surface area contributed by atoms with Gasteiger partial charge in [-0.25, -0.2) is 9.79 Å². The van der Waals surface area contributed by atoms with E-state index in [0.29, 0.717) is 44.3 Å². The van der Waals surface area contributed by atoms with Gasteiger partial charge in [-0.2, -0.15) is 0 Å². The predicted molar refractivity (Wildman–Crippen MR) is 143 cm³/mol. The Hall–Kier alpha value is -4.11. The number of nitrogens with zero attached hydrogens (tertiary/aromatic N) is 2. The van der Waals surface area contributed by atoms with Crippen molar-refractivity contribution in [2.24, 2.45) is 4.99 Å². The molecule has 37 heavy (non-hydrogen) atoms. The SMILES string of the molecule is CCOC(=O)C1=C(C)N=c2s/c(=C\c3c[nH]c4ccccc34)c(=O)n2[C@@H]1c1ccc(OC)c(OCC)c1. The minimum Gasteiger partial charge on any atom is -0.493 e. The third kappa shape index (κ3) is 4.35. The zero-order valence-electron chi connectivity index (χ0n) is 21.0. The summed E-state index contributed by atoms with van der Waals surface area (Å²) in [7, 11) is 1.57. The van der Waals surface area contributed by atoms with Gasteiger partial charge >= 0.3 is 5.97 Å². The smallest absolute Gasteiger partial charge is 0.338 e. The number of carbonyl (C=O) groups is 1. The van der Waals surface area contributed by atoms with Gasteiger partial charge in [0.25, 0.3) is 5.56 Å². The number of para-hydroxylation sites is 1. The molecule has 9 heteroatoms. The monoisotopic (exact) mass is 517 g/mol. The first-order valence-electron chi connectivity index (χ1n) is 12.0. The topological polar surface area (TPSA) is 94.9 Å². The Morgan fingerprint density at radius 3 is 2.73 bits per heavy atom. The Labute approximate surface area is 217 Å². The maximum absolute atomic E-state index is 13.9. The number of benzene rings is 2. The zero-order valence-corrected chi connectivity index (χ0v) is 21.8. The number of H-pyrrole nitrogens is 1. The summed E-state index contributed by atoms with van der Waals surface area (Å²) in [4.78, 5) is 35.4. The second kappa shape index (κ2) is 10.1. The summed E-state index contributed by atoms with van der Waals surface area (Å²) in [6.07, 6.45) is 3.75. The van der Waals surface area contributed by atoms with Crippen molar-refractivity contribution in [2.75, 3.05) is 20.3 Å². The van der Waals surface area contributed by atoms with Gasteiger partial charge in [0.05, 0.1) is 42.2 Å². The standard InChI is InChI=1S/C28H27N3O5S/c1-5-35-22-13-17(11-12-21(22)34-4)25-24(27(33)36-6-2)16(3)30-28-31(25)26(32)23(37-28)14-18-15-29-20-10-8-7-9-19(18)20/h7-15,25,29H,5-6H2,1-4H3/b23-14-/t25-/m1/s1. The Morgan fingerprint density at radius 1 is 1.16 bits per heavy atom. The largest absolute Gasteiger partial charge is 0.493 e. The molecular weight excluding hydrogens is 490 g/mol. The lowest BCUT2D eigenvalue weighted by Gasteiger charge is -2.25. The fourth-order valence-corrected chi connectivity index (χ4v) is 5.63. The minimum absolute atomic E-state index is 0.208. The van der Waals surface area contributed by atoms with Crippen molar-refractivity contribution in [3.63, 3.8) is 0 Å². The first-order valence-corrected chi connectivity index (χ1v) is 12.8.